The van der Waals surface area contributed by atoms with Crippen LogP contribution in [0.1, 0.15) is 39.5 Å². The summed E-state index contributed by atoms with van der Waals surface area (Å²) in [5.41, 5.74) is 3.69. The van der Waals surface area contributed by atoms with Crippen LogP contribution in [0.15, 0.2) is 29.4 Å². The van der Waals surface area contributed by atoms with Gasteiger partial charge in [0.25, 0.3) is 0 Å². The Balaban J connectivity index is 2.41. The highest BCUT2D eigenvalue weighted by Gasteiger charge is 2.06. The van der Waals surface area contributed by atoms with Crippen LogP contribution in [0.3, 0.4) is 0 Å². The lowest BCUT2D eigenvalue weighted by Gasteiger charge is -2.06. The first-order valence-electron chi connectivity index (χ1n) is 7.31. The summed E-state index contributed by atoms with van der Waals surface area (Å²) in [6.07, 6.45) is 2.37. The highest BCUT2D eigenvalue weighted by Crippen LogP contribution is 2.15. The monoisotopic (exact) mass is 305 g/mol. The van der Waals surface area contributed by atoms with Gasteiger partial charge in [-0.25, -0.2) is 5.43 Å². The fourth-order valence-corrected chi connectivity index (χ4v) is 1.70. The van der Waals surface area contributed by atoms with Crippen molar-refractivity contribution in [3.8, 4) is 5.75 Å². The van der Waals surface area contributed by atoms with E-state index in [4.69, 9.17) is 4.74 Å². The quantitative estimate of drug-likeness (QED) is 0.572. The molecular weight excluding hydrogens is 282 g/mol. The molecule has 0 aromatic heterocycles. The van der Waals surface area contributed by atoms with Crippen molar-refractivity contribution in [3.63, 3.8) is 0 Å². The molecule has 0 bridgehead atoms. The molecular formula is C16H23N3O3. The number of unbranched alkanes of at least 4 members (excludes halogenated alkanes) is 1. The average Bonchev–Trinajstić information content (AvgIpc) is 2.51. The lowest BCUT2D eigenvalue weighted by atomic mass is 10.2. The van der Waals surface area contributed by atoms with Gasteiger partial charge in [0.15, 0.2) is 0 Å². The lowest BCUT2D eigenvalue weighted by Crippen LogP contribution is -2.21. The number of anilines is 1. The van der Waals surface area contributed by atoms with Crippen molar-refractivity contribution >= 4 is 23.2 Å². The number of hydrogen-bond donors (Lipinski definition) is 2. The number of carbonyl (C=O) groups excluding carboxylic acids is 2. The highest BCUT2D eigenvalue weighted by atomic mass is 16.5. The molecule has 0 aliphatic carbocycles. The van der Waals surface area contributed by atoms with E-state index in [9.17, 15) is 9.59 Å². The smallest absolute Gasteiger partial charge is 0.240 e. The van der Waals surface area contributed by atoms with Crippen molar-refractivity contribution in [2.45, 2.75) is 39.5 Å². The Kier molecular flexibility index (Phi) is 7.67. The van der Waals surface area contributed by atoms with Gasteiger partial charge in [-0.3, -0.25) is 9.59 Å². The first-order valence-corrected chi connectivity index (χ1v) is 7.31. The molecule has 1 aromatic rings. The third-order valence-electron chi connectivity index (χ3n) is 2.92. The summed E-state index contributed by atoms with van der Waals surface area (Å²) in [7, 11) is 1.59. The fourth-order valence-electron chi connectivity index (χ4n) is 1.70. The Morgan fingerprint density at radius 2 is 1.86 bits per heavy atom. The molecule has 0 saturated carbocycles. The van der Waals surface area contributed by atoms with Crippen LogP contribution >= 0.6 is 0 Å². The van der Waals surface area contributed by atoms with E-state index in [0.29, 0.717) is 17.8 Å². The van der Waals surface area contributed by atoms with E-state index < -0.39 is 0 Å². The Hall–Kier alpha value is -2.37. The summed E-state index contributed by atoms with van der Waals surface area (Å²) in [5, 5.41) is 6.68. The molecule has 0 aliphatic rings. The van der Waals surface area contributed by atoms with E-state index in [1.165, 1.54) is 0 Å². The highest BCUT2D eigenvalue weighted by molar-refractivity contribution is 6.05. The zero-order chi connectivity index (χ0) is 16.4. The van der Waals surface area contributed by atoms with Crippen LogP contribution < -0.4 is 15.5 Å². The summed E-state index contributed by atoms with van der Waals surface area (Å²) >= 11 is 0. The van der Waals surface area contributed by atoms with Gasteiger partial charge < -0.3 is 10.1 Å². The number of hydrogen-bond acceptors (Lipinski definition) is 4. The zero-order valence-electron chi connectivity index (χ0n) is 13.3. The molecule has 22 heavy (non-hydrogen) atoms. The Labute approximate surface area is 130 Å². The molecule has 0 unspecified atom stereocenters. The van der Waals surface area contributed by atoms with Gasteiger partial charge in [-0.1, -0.05) is 13.3 Å². The minimum absolute atomic E-state index is 0.125. The molecule has 1 rings (SSSR count). The summed E-state index contributed by atoms with van der Waals surface area (Å²) in [6, 6.07) is 7.06. The molecule has 2 N–H and O–H groups in total. The van der Waals surface area contributed by atoms with Gasteiger partial charge >= 0.3 is 0 Å². The van der Waals surface area contributed by atoms with E-state index in [1.807, 2.05) is 6.92 Å². The topological polar surface area (TPSA) is 79.8 Å². The first kappa shape index (κ1) is 17.7. The summed E-state index contributed by atoms with van der Waals surface area (Å²) in [6.45, 7) is 3.72. The number of methoxy groups -OCH3 is 1. The first-order chi connectivity index (χ1) is 10.5. The Morgan fingerprint density at radius 3 is 2.45 bits per heavy atom. The molecule has 6 nitrogen and oxygen atoms in total. The van der Waals surface area contributed by atoms with Crippen molar-refractivity contribution in [2.24, 2.45) is 5.10 Å². The molecule has 2 amide bonds. The van der Waals surface area contributed by atoms with Crippen LogP contribution in [-0.4, -0.2) is 24.6 Å². The molecule has 120 valence electrons. The number of rotatable bonds is 8. The molecule has 0 spiro atoms. The molecule has 0 saturated heterocycles. The Morgan fingerprint density at radius 1 is 1.18 bits per heavy atom. The summed E-state index contributed by atoms with van der Waals surface area (Å²) in [4.78, 5) is 23.3. The molecule has 1 aromatic carbocycles. The maximum Gasteiger partial charge on any atom is 0.240 e. The molecule has 6 heteroatoms. The number of amides is 2. The largest absolute Gasteiger partial charge is 0.497 e. The number of hydrazone groups is 1. The number of nitrogens with zero attached hydrogens (tertiary/aromatic N) is 1. The predicted octanol–water partition coefficient (Wildman–Crippen LogP) is 2.71. The number of nitrogens with one attached hydrogen (secondary N) is 2. The van der Waals surface area contributed by atoms with E-state index >= 15 is 0 Å². The molecule has 0 radical (unpaired) electrons. The second-order valence-electron chi connectivity index (χ2n) is 4.94. The predicted molar refractivity (Wildman–Crippen MR) is 87.0 cm³/mol. The van der Waals surface area contributed by atoms with Gasteiger partial charge in [0.2, 0.25) is 11.8 Å². The van der Waals surface area contributed by atoms with Crippen molar-refractivity contribution in [2.75, 3.05) is 12.4 Å². The third-order valence-corrected chi connectivity index (χ3v) is 2.92. The van der Waals surface area contributed by atoms with Crippen LogP contribution in [0.4, 0.5) is 5.69 Å². The maximum atomic E-state index is 11.9. The molecule has 0 fully saturated rings. The normalized spacial score (nSPS) is 11.0. The van der Waals surface area contributed by atoms with Gasteiger partial charge in [0.05, 0.1) is 13.5 Å². The molecule has 0 heterocycles. The fraction of sp³-hybridized carbons (Fsp3) is 0.438. The van der Waals surface area contributed by atoms with E-state index in [0.717, 1.165) is 18.6 Å². The second-order valence-corrected chi connectivity index (χ2v) is 4.94. The van der Waals surface area contributed by atoms with Gasteiger partial charge in [0, 0.05) is 17.8 Å². The van der Waals surface area contributed by atoms with Crippen molar-refractivity contribution < 1.29 is 14.3 Å². The van der Waals surface area contributed by atoms with Crippen molar-refractivity contribution in [1.82, 2.24) is 5.43 Å². The van der Waals surface area contributed by atoms with Crippen LogP contribution in [-0.2, 0) is 9.59 Å². The van der Waals surface area contributed by atoms with Gasteiger partial charge in [-0.15, -0.1) is 0 Å². The standard InChI is InChI=1S/C16H23N3O3/c1-4-5-6-15(20)19-18-12(2)11-16(21)17-13-7-9-14(22-3)10-8-13/h7-10H,4-6,11H2,1-3H3,(H,17,21)(H,19,20)/b18-12+. The Bertz CT molecular complexity index is 524. The number of carbonyl (C=O) groups is 2. The van der Waals surface area contributed by atoms with Crippen LogP contribution in [0.25, 0.3) is 0 Å². The van der Waals surface area contributed by atoms with Crippen LogP contribution in [0, 0.1) is 0 Å². The third kappa shape index (κ3) is 6.88. The maximum absolute atomic E-state index is 11.9. The average molecular weight is 305 g/mol. The van der Waals surface area contributed by atoms with Gasteiger partial charge in [-0.2, -0.15) is 5.10 Å². The molecule has 0 atom stereocenters. The van der Waals surface area contributed by atoms with E-state index in [2.05, 4.69) is 15.8 Å². The number of benzene rings is 1. The zero-order valence-corrected chi connectivity index (χ0v) is 13.3. The van der Waals surface area contributed by atoms with Crippen LogP contribution in [0.5, 0.6) is 5.75 Å². The van der Waals surface area contributed by atoms with E-state index in [1.54, 1.807) is 38.3 Å². The van der Waals surface area contributed by atoms with Crippen LogP contribution in [0.2, 0.25) is 0 Å². The minimum Gasteiger partial charge on any atom is -0.497 e. The summed E-state index contributed by atoms with van der Waals surface area (Å²) in [5.74, 6) is 0.413. The molecule has 0 aliphatic heterocycles. The lowest BCUT2D eigenvalue weighted by molar-refractivity contribution is -0.121. The van der Waals surface area contributed by atoms with Crippen molar-refractivity contribution in [3.05, 3.63) is 24.3 Å². The van der Waals surface area contributed by atoms with Crippen molar-refractivity contribution in [1.29, 1.82) is 0 Å². The minimum atomic E-state index is -0.186. The van der Waals surface area contributed by atoms with Gasteiger partial charge in [0.1, 0.15) is 5.75 Å². The second kappa shape index (κ2) is 9.55. The summed E-state index contributed by atoms with van der Waals surface area (Å²) < 4.78 is 5.05. The SMILES string of the molecule is CCCCC(=O)N/N=C(\C)CC(=O)Nc1ccc(OC)cc1. The van der Waals surface area contributed by atoms with E-state index in [-0.39, 0.29) is 18.2 Å². The van der Waals surface area contributed by atoms with Gasteiger partial charge in [-0.05, 0) is 37.6 Å². The number of ether oxygens (including phenoxy) is 1.